The zero-order chi connectivity index (χ0) is 31.3. The highest BCUT2D eigenvalue weighted by Gasteiger charge is 2.38. The van der Waals surface area contributed by atoms with Crippen LogP contribution < -0.4 is 0 Å². The first kappa shape index (κ1) is 30.3. The second-order valence-electron chi connectivity index (χ2n) is 10.7. The molecule has 0 radical (unpaired) electrons. The van der Waals surface area contributed by atoms with Gasteiger partial charge in [-0.1, -0.05) is 36.4 Å². The van der Waals surface area contributed by atoms with Crippen LogP contribution in [0.4, 0.5) is 26.3 Å². The lowest BCUT2D eigenvalue weighted by atomic mass is 9.95. The van der Waals surface area contributed by atoms with Crippen molar-refractivity contribution in [3.63, 3.8) is 0 Å². The molecule has 228 valence electrons. The van der Waals surface area contributed by atoms with Gasteiger partial charge in [0.05, 0.1) is 12.1 Å². The summed E-state index contributed by atoms with van der Waals surface area (Å²) in [6.45, 7) is -0.758. The average Bonchev–Trinajstić information content (AvgIpc) is 3.57. The van der Waals surface area contributed by atoms with E-state index in [4.69, 9.17) is 0 Å². The van der Waals surface area contributed by atoms with E-state index in [1.54, 1.807) is 12.1 Å². The molecule has 1 unspecified atom stereocenters. The molecule has 6 rings (SSSR count). The minimum Gasteiger partial charge on any atom is -0.313 e. The SMILES string of the molecule is O=S(=O)(c1ccc(F)cc1F)N1CCC(c2c(F)n(Cc3ccccc3F)c3cc(Cc4ccccc4F)c(S)c(F)c23)C1. The third kappa shape index (κ3) is 5.28. The molecule has 4 nitrogen and oxygen atoms in total. The van der Waals surface area contributed by atoms with Crippen LogP contribution in [-0.2, 0) is 23.0 Å². The molecular weight excluding hydrogens is 622 g/mol. The second kappa shape index (κ2) is 11.6. The molecule has 0 N–H and O–H groups in total. The summed E-state index contributed by atoms with van der Waals surface area (Å²) in [5.74, 6) is -5.98. The van der Waals surface area contributed by atoms with E-state index in [1.807, 2.05) is 0 Å². The molecule has 44 heavy (non-hydrogen) atoms. The van der Waals surface area contributed by atoms with Gasteiger partial charge in [0.1, 0.15) is 34.0 Å². The highest BCUT2D eigenvalue weighted by Crippen LogP contribution is 2.42. The molecule has 1 atom stereocenters. The van der Waals surface area contributed by atoms with Gasteiger partial charge in [-0.05, 0) is 47.9 Å². The molecule has 1 fully saturated rings. The lowest BCUT2D eigenvalue weighted by Gasteiger charge is -2.17. The number of benzene rings is 4. The van der Waals surface area contributed by atoms with Crippen molar-refractivity contribution >= 4 is 33.6 Å². The Morgan fingerprint density at radius 2 is 1.45 bits per heavy atom. The zero-order valence-electron chi connectivity index (χ0n) is 22.9. The van der Waals surface area contributed by atoms with Crippen LogP contribution in [-0.4, -0.2) is 30.4 Å². The Labute approximate surface area is 255 Å². The summed E-state index contributed by atoms with van der Waals surface area (Å²) in [7, 11) is -4.44. The fourth-order valence-corrected chi connectivity index (χ4v) is 7.61. The van der Waals surface area contributed by atoms with E-state index in [2.05, 4.69) is 12.6 Å². The summed E-state index contributed by atoms with van der Waals surface area (Å²) in [6.07, 6.45) is 0.00891. The Kier molecular flexibility index (Phi) is 8.02. The number of rotatable bonds is 7. The van der Waals surface area contributed by atoms with Crippen molar-refractivity contribution in [3.8, 4) is 0 Å². The first-order valence-electron chi connectivity index (χ1n) is 13.6. The van der Waals surface area contributed by atoms with Gasteiger partial charge in [-0.2, -0.15) is 8.70 Å². The molecule has 0 aliphatic carbocycles. The smallest absolute Gasteiger partial charge is 0.246 e. The highest BCUT2D eigenvalue weighted by atomic mass is 32.2. The minimum absolute atomic E-state index is 0.0567. The van der Waals surface area contributed by atoms with E-state index >= 15 is 8.78 Å². The number of nitrogens with zero attached hydrogens (tertiary/aromatic N) is 2. The Hall–Kier alpha value is -3.74. The maximum Gasteiger partial charge on any atom is 0.246 e. The van der Waals surface area contributed by atoms with Crippen molar-refractivity contribution in [1.29, 1.82) is 0 Å². The normalized spacial score (nSPS) is 15.8. The van der Waals surface area contributed by atoms with Crippen LogP contribution in [0.5, 0.6) is 0 Å². The number of aromatic nitrogens is 1. The summed E-state index contributed by atoms with van der Waals surface area (Å²) in [4.78, 5) is -0.871. The van der Waals surface area contributed by atoms with Crippen LogP contribution in [0.3, 0.4) is 0 Å². The van der Waals surface area contributed by atoms with Crippen LogP contribution in [0, 0.1) is 35.0 Å². The third-order valence-corrected chi connectivity index (χ3v) is 10.4. The second-order valence-corrected chi connectivity index (χ2v) is 13.0. The Bertz CT molecular complexity index is 2030. The summed E-state index contributed by atoms with van der Waals surface area (Å²) < 4.78 is 118. The predicted molar refractivity (Wildman–Crippen MR) is 156 cm³/mol. The monoisotopic (exact) mass is 646 g/mol. The van der Waals surface area contributed by atoms with Crippen LogP contribution in [0.25, 0.3) is 10.9 Å². The molecular formula is C32H24F6N2O2S2. The van der Waals surface area contributed by atoms with E-state index < -0.39 is 55.9 Å². The van der Waals surface area contributed by atoms with Gasteiger partial charge < -0.3 is 4.57 Å². The Balaban J connectivity index is 1.47. The Morgan fingerprint density at radius 3 is 2.11 bits per heavy atom. The van der Waals surface area contributed by atoms with Crippen molar-refractivity contribution in [3.05, 3.63) is 130 Å². The molecule has 0 bridgehead atoms. The molecule has 12 heteroatoms. The Morgan fingerprint density at radius 1 is 0.795 bits per heavy atom. The van der Waals surface area contributed by atoms with Gasteiger partial charge in [-0.25, -0.2) is 30.4 Å². The summed E-state index contributed by atoms with van der Waals surface area (Å²) >= 11 is 4.36. The molecule has 0 amide bonds. The standard InChI is InChI=1S/C32H24F6N2O2S2/c33-22-9-10-27(25(36)15-22)44(41,42)39-12-11-20(16-39)28-29-26(40(32(28)38)17-19-6-2-4-8-24(19)35)14-21(31(43)30(29)37)13-18-5-1-3-7-23(18)34/h1-10,14-15,20,43H,11-13,16-17H2. The lowest BCUT2D eigenvalue weighted by molar-refractivity contribution is 0.458. The minimum atomic E-state index is -4.44. The zero-order valence-corrected chi connectivity index (χ0v) is 24.6. The van der Waals surface area contributed by atoms with Gasteiger partial charge in [0.2, 0.25) is 10.0 Å². The van der Waals surface area contributed by atoms with Gasteiger partial charge in [-0.3, -0.25) is 0 Å². The van der Waals surface area contributed by atoms with E-state index in [1.165, 1.54) is 42.5 Å². The molecule has 0 saturated carbocycles. The van der Waals surface area contributed by atoms with Gasteiger partial charge in [0.15, 0.2) is 5.95 Å². The molecule has 1 aromatic heterocycles. The fraction of sp³-hybridized carbons (Fsp3) is 0.188. The largest absolute Gasteiger partial charge is 0.313 e. The van der Waals surface area contributed by atoms with Crippen LogP contribution >= 0.6 is 12.6 Å². The van der Waals surface area contributed by atoms with Crippen LogP contribution in [0.1, 0.15) is 34.6 Å². The number of halogens is 6. The highest BCUT2D eigenvalue weighted by molar-refractivity contribution is 7.89. The maximum absolute atomic E-state index is 16.5. The molecule has 4 aromatic carbocycles. The van der Waals surface area contributed by atoms with Crippen molar-refractivity contribution < 1.29 is 34.8 Å². The molecule has 1 aliphatic rings. The number of sulfonamides is 1. The first-order chi connectivity index (χ1) is 21.0. The average molecular weight is 647 g/mol. The first-order valence-corrected chi connectivity index (χ1v) is 15.5. The van der Waals surface area contributed by atoms with Gasteiger partial charge >= 0.3 is 0 Å². The van der Waals surface area contributed by atoms with E-state index in [9.17, 15) is 26.0 Å². The van der Waals surface area contributed by atoms with E-state index in [0.717, 1.165) is 21.0 Å². The number of hydrogen-bond acceptors (Lipinski definition) is 3. The lowest BCUT2D eigenvalue weighted by Crippen LogP contribution is -2.29. The van der Waals surface area contributed by atoms with Crippen molar-refractivity contribution in [2.24, 2.45) is 0 Å². The van der Waals surface area contributed by atoms with Gasteiger partial charge in [-0.15, -0.1) is 12.6 Å². The van der Waals surface area contributed by atoms with Crippen molar-refractivity contribution in [2.45, 2.75) is 35.1 Å². The summed E-state index contributed by atoms with van der Waals surface area (Å²) in [6, 6.07) is 15.2. The van der Waals surface area contributed by atoms with E-state index in [-0.39, 0.29) is 70.5 Å². The fourth-order valence-electron chi connectivity index (χ4n) is 5.81. The van der Waals surface area contributed by atoms with Crippen molar-refractivity contribution in [1.82, 2.24) is 8.87 Å². The molecule has 1 aliphatic heterocycles. The quantitative estimate of drug-likeness (QED) is 0.146. The maximum atomic E-state index is 16.5. The summed E-state index contributed by atoms with van der Waals surface area (Å²) in [5.41, 5.74) is 0.596. The summed E-state index contributed by atoms with van der Waals surface area (Å²) in [5, 5.41) is -0.154. The number of fused-ring (bicyclic) bond motifs is 1. The van der Waals surface area contributed by atoms with Crippen molar-refractivity contribution in [2.75, 3.05) is 13.1 Å². The van der Waals surface area contributed by atoms with Gasteiger partial charge in [0, 0.05) is 52.9 Å². The number of hydrogen-bond donors (Lipinski definition) is 1. The molecule has 1 saturated heterocycles. The predicted octanol–water partition coefficient (Wildman–Crippen LogP) is 7.58. The van der Waals surface area contributed by atoms with Crippen LogP contribution in [0.15, 0.2) is 82.6 Å². The topological polar surface area (TPSA) is 42.3 Å². The van der Waals surface area contributed by atoms with Crippen LogP contribution in [0.2, 0.25) is 0 Å². The third-order valence-electron chi connectivity index (χ3n) is 8.01. The molecule has 2 heterocycles. The molecule has 5 aromatic rings. The van der Waals surface area contributed by atoms with E-state index in [0.29, 0.717) is 6.07 Å². The molecule has 0 spiro atoms. The van der Waals surface area contributed by atoms with Gasteiger partial charge in [0.25, 0.3) is 0 Å². The number of thiol groups is 1.